The number of carbonyl (C=O) groups is 1. The molecule has 0 aromatic heterocycles. The molecular weight excluding hydrogens is 929 g/mol. The molecule has 0 heterocycles. The normalized spacial score (nSPS) is 19.0. The van der Waals surface area contributed by atoms with E-state index in [4.69, 9.17) is 81.0 Å². The molecule has 424 valence electrons. The van der Waals surface area contributed by atoms with E-state index in [1.54, 1.807) is 13.8 Å². The zero-order valence-electron chi connectivity index (χ0n) is 47.1. The highest BCUT2D eigenvalue weighted by molar-refractivity contribution is 5.86. The summed E-state index contributed by atoms with van der Waals surface area (Å²) in [6.45, 7) is 42.5. The summed E-state index contributed by atoms with van der Waals surface area (Å²) in [5, 5.41) is 8.64. The predicted octanol–water partition coefficient (Wildman–Crippen LogP) is 7.06. The van der Waals surface area contributed by atoms with E-state index in [0.29, 0.717) is 98.1 Å². The summed E-state index contributed by atoms with van der Waals surface area (Å²) in [7, 11) is 0. The Bertz CT molecular complexity index is 1270. The summed E-state index contributed by atoms with van der Waals surface area (Å²) < 4.78 is 93.6. The van der Waals surface area contributed by atoms with Gasteiger partial charge in [0.2, 0.25) is 0 Å². The number of esters is 1. The molecule has 16 atom stereocenters. The summed E-state index contributed by atoms with van der Waals surface area (Å²) in [5.74, 6) is -0.426. The van der Waals surface area contributed by atoms with Gasteiger partial charge in [-0.05, 0) is 118 Å². The molecule has 0 saturated heterocycles. The lowest BCUT2D eigenvalue weighted by atomic mass is 10.3. The van der Waals surface area contributed by atoms with Crippen molar-refractivity contribution in [1.29, 1.82) is 0 Å². The lowest BCUT2D eigenvalue weighted by Crippen LogP contribution is -2.31. The summed E-state index contributed by atoms with van der Waals surface area (Å²) >= 11 is 0. The van der Waals surface area contributed by atoms with Crippen molar-refractivity contribution in [3.05, 3.63) is 12.2 Å². The largest absolute Gasteiger partial charge is 0.460 e. The molecular formula is C52H102O19. The zero-order chi connectivity index (χ0) is 53.7. The van der Waals surface area contributed by atoms with E-state index >= 15 is 0 Å². The van der Waals surface area contributed by atoms with Gasteiger partial charge in [0.05, 0.1) is 191 Å². The van der Waals surface area contributed by atoms with E-state index < -0.39 is 5.97 Å². The Morgan fingerprint density at radius 1 is 0.282 bits per heavy atom. The fraction of sp³-hybridized carbons (Fsp3) is 0.942. The minimum Gasteiger partial charge on any atom is -0.460 e. The van der Waals surface area contributed by atoms with E-state index in [0.717, 1.165) is 0 Å². The van der Waals surface area contributed by atoms with Crippen LogP contribution in [0, 0.1) is 0 Å². The lowest BCUT2D eigenvalue weighted by molar-refractivity contribution is -0.284. The monoisotopic (exact) mass is 1030 g/mol. The molecule has 19 heteroatoms. The highest BCUT2D eigenvalue weighted by atomic mass is 17.1. The van der Waals surface area contributed by atoms with Gasteiger partial charge in [-0.25, -0.2) is 9.68 Å². The maximum atomic E-state index is 11.5. The first-order valence-electron chi connectivity index (χ1n) is 25.9. The molecule has 0 aliphatic rings. The molecule has 0 aliphatic heterocycles. The Morgan fingerprint density at radius 3 is 0.535 bits per heavy atom. The van der Waals surface area contributed by atoms with Crippen molar-refractivity contribution in [2.24, 2.45) is 0 Å². The number of carbonyl (C=O) groups excluding carboxylic acids is 1. The van der Waals surface area contributed by atoms with Crippen molar-refractivity contribution in [3.63, 3.8) is 0 Å². The molecule has 0 amide bonds. The van der Waals surface area contributed by atoms with Gasteiger partial charge < -0.3 is 75.8 Å². The predicted molar refractivity (Wildman–Crippen MR) is 270 cm³/mol. The molecule has 16 unspecified atom stereocenters. The molecule has 0 aliphatic carbocycles. The van der Waals surface area contributed by atoms with E-state index in [2.05, 4.69) is 11.5 Å². The molecule has 0 bridgehead atoms. The van der Waals surface area contributed by atoms with Crippen molar-refractivity contribution >= 4 is 5.97 Å². The maximum Gasteiger partial charge on any atom is 0.333 e. The summed E-state index contributed by atoms with van der Waals surface area (Å²) in [5.41, 5.74) is 0.358. The van der Waals surface area contributed by atoms with Crippen molar-refractivity contribution in [3.8, 4) is 0 Å². The molecule has 0 radical (unpaired) electrons. The first-order valence-corrected chi connectivity index (χ1v) is 25.9. The van der Waals surface area contributed by atoms with Crippen molar-refractivity contribution in [2.75, 3.05) is 106 Å². The second-order valence-electron chi connectivity index (χ2n) is 19.5. The van der Waals surface area contributed by atoms with Gasteiger partial charge in [-0.3, -0.25) is 5.26 Å². The van der Waals surface area contributed by atoms with E-state index in [-0.39, 0.29) is 111 Å². The number of rotatable bonds is 49. The molecule has 19 nitrogen and oxygen atoms in total. The number of hydrogen-bond donors (Lipinski definition) is 1. The van der Waals surface area contributed by atoms with Crippen LogP contribution in [0.1, 0.15) is 118 Å². The molecule has 0 aromatic carbocycles. The van der Waals surface area contributed by atoms with Gasteiger partial charge in [-0.2, -0.15) is 0 Å². The fourth-order valence-corrected chi connectivity index (χ4v) is 5.56. The van der Waals surface area contributed by atoms with Gasteiger partial charge in [0, 0.05) is 5.57 Å². The minimum atomic E-state index is -0.426. The first kappa shape index (κ1) is 69.5. The Balaban J connectivity index is 4.01. The van der Waals surface area contributed by atoms with Gasteiger partial charge in [0.15, 0.2) is 0 Å². The van der Waals surface area contributed by atoms with Gasteiger partial charge in [-0.15, -0.1) is 0 Å². The third-order valence-corrected chi connectivity index (χ3v) is 10.2. The van der Waals surface area contributed by atoms with Crippen molar-refractivity contribution < 1.29 is 90.7 Å². The minimum absolute atomic E-state index is 0.107. The lowest BCUT2D eigenvalue weighted by Gasteiger charge is -2.23. The van der Waals surface area contributed by atoms with E-state index in [1.807, 2.05) is 104 Å². The third kappa shape index (κ3) is 42.5. The average Bonchev–Trinajstić information content (AvgIpc) is 3.34. The summed E-state index contributed by atoms with van der Waals surface area (Å²) in [6.07, 6.45) is -2.31. The van der Waals surface area contributed by atoms with E-state index in [9.17, 15) is 4.79 Å². The zero-order valence-corrected chi connectivity index (χ0v) is 47.1. The summed E-state index contributed by atoms with van der Waals surface area (Å²) in [6, 6.07) is 0. The Labute approximate surface area is 428 Å². The third-order valence-electron chi connectivity index (χ3n) is 10.2. The fourth-order valence-electron chi connectivity index (χ4n) is 5.56. The number of ether oxygens (including phenoxy) is 16. The molecule has 0 spiro atoms. The molecule has 0 saturated carbocycles. The Hall–Kier alpha value is -1.47. The van der Waals surface area contributed by atoms with Crippen LogP contribution < -0.4 is 0 Å². The topological polar surface area (TPSA) is 194 Å². The average molecular weight is 1030 g/mol. The van der Waals surface area contributed by atoms with E-state index in [1.165, 1.54) is 0 Å². The molecule has 71 heavy (non-hydrogen) atoms. The first-order chi connectivity index (χ1) is 33.5. The van der Waals surface area contributed by atoms with Crippen molar-refractivity contribution in [2.45, 2.75) is 215 Å². The highest BCUT2D eigenvalue weighted by Gasteiger charge is 2.18. The molecule has 0 fully saturated rings. The van der Waals surface area contributed by atoms with Crippen LogP contribution >= 0.6 is 0 Å². The maximum absolute atomic E-state index is 11.5. The second kappa shape index (κ2) is 42.7. The Kier molecular flexibility index (Phi) is 41.8. The van der Waals surface area contributed by atoms with Gasteiger partial charge in [0.25, 0.3) is 0 Å². The van der Waals surface area contributed by atoms with Crippen molar-refractivity contribution in [1.82, 2.24) is 0 Å². The smallest absolute Gasteiger partial charge is 0.333 e. The van der Waals surface area contributed by atoms with Crippen LogP contribution in [0.2, 0.25) is 0 Å². The van der Waals surface area contributed by atoms with Crippen LogP contribution in [0.4, 0.5) is 0 Å². The van der Waals surface area contributed by atoms with Crippen LogP contribution in [-0.4, -0.2) is 215 Å². The molecule has 0 rings (SSSR count). The van der Waals surface area contributed by atoms with Crippen LogP contribution in [0.3, 0.4) is 0 Å². The van der Waals surface area contributed by atoms with Crippen LogP contribution in [0.25, 0.3) is 0 Å². The van der Waals surface area contributed by atoms with Gasteiger partial charge >= 0.3 is 5.97 Å². The molecule has 1 N–H and O–H groups in total. The Morgan fingerprint density at radius 2 is 0.408 bits per heavy atom. The van der Waals surface area contributed by atoms with Crippen LogP contribution in [0.5, 0.6) is 0 Å². The quantitative estimate of drug-likeness (QED) is 0.0281. The standard InChI is InChI=1S/C52H102O19/c1-35(2)52(53)70-33-50(17)68-31-48(15)66-29-46(13)64-27-44(11)62-25-42(9)60-23-40(7)58-21-38(5)56-19-36(3)55-20-37(4)57-22-39(6)59-24-41(8)61-26-43(10)63-28-45(12)65-30-47(14)67-32-49(16)69-34-51(18)71-54/h36-51,54H,1,19-34H2,2-18H3. The van der Waals surface area contributed by atoms with Crippen LogP contribution in [0.15, 0.2) is 12.2 Å². The number of hydrogen-bond acceptors (Lipinski definition) is 19. The van der Waals surface area contributed by atoms with Crippen LogP contribution in [-0.2, 0) is 85.5 Å². The second-order valence-corrected chi connectivity index (χ2v) is 19.5. The van der Waals surface area contributed by atoms with Gasteiger partial charge in [0.1, 0.15) is 12.7 Å². The van der Waals surface area contributed by atoms with Gasteiger partial charge in [-0.1, -0.05) is 6.58 Å². The molecule has 0 aromatic rings. The summed E-state index contributed by atoms with van der Waals surface area (Å²) in [4.78, 5) is 15.8. The highest BCUT2D eigenvalue weighted by Crippen LogP contribution is 2.09. The SMILES string of the molecule is C=C(C)C(=O)OCC(C)OCC(C)OCC(C)OCC(C)OCC(C)OCC(C)OCC(C)OCC(C)OCC(C)OCC(C)OCC(C)OCC(C)OCC(C)OCC(C)OCC(C)OCC(C)OO.